The summed E-state index contributed by atoms with van der Waals surface area (Å²) in [5, 5.41) is 5.28. The minimum atomic E-state index is -0.248. The standard InChI is InChI=1S/C19H17BrFNO2S/c1-23-18-10-13(11-22-15-6-4-14(21)5-7-15)9-17(20)19(18)24-12-16-3-2-8-25-16/h2-10,22H,11-12H2,1H3. The second-order valence-electron chi connectivity index (χ2n) is 5.34. The molecule has 0 saturated carbocycles. The molecular formula is C19H17BrFNO2S. The van der Waals surface area contributed by atoms with Gasteiger partial charge < -0.3 is 14.8 Å². The van der Waals surface area contributed by atoms with Gasteiger partial charge in [0.25, 0.3) is 0 Å². The predicted molar refractivity (Wildman–Crippen MR) is 103 cm³/mol. The second-order valence-corrected chi connectivity index (χ2v) is 7.22. The van der Waals surface area contributed by atoms with E-state index in [-0.39, 0.29) is 5.82 Å². The van der Waals surface area contributed by atoms with E-state index in [1.165, 1.54) is 12.1 Å². The molecule has 3 rings (SSSR count). The molecule has 1 N–H and O–H groups in total. The molecule has 0 fully saturated rings. The quantitative estimate of drug-likeness (QED) is 0.518. The van der Waals surface area contributed by atoms with Crippen LogP contribution in [-0.4, -0.2) is 7.11 Å². The maximum Gasteiger partial charge on any atom is 0.175 e. The van der Waals surface area contributed by atoms with Crippen LogP contribution in [0.15, 0.2) is 58.4 Å². The first-order chi connectivity index (χ1) is 12.2. The Morgan fingerprint density at radius 1 is 1.16 bits per heavy atom. The van der Waals surface area contributed by atoms with Crippen LogP contribution in [0.4, 0.5) is 10.1 Å². The summed E-state index contributed by atoms with van der Waals surface area (Å²) in [6.45, 7) is 1.09. The fourth-order valence-corrected chi connectivity index (χ4v) is 3.55. The van der Waals surface area contributed by atoms with Crippen LogP contribution >= 0.6 is 27.3 Å². The molecule has 0 aliphatic rings. The zero-order valence-corrected chi connectivity index (χ0v) is 16.0. The summed E-state index contributed by atoms with van der Waals surface area (Å²) in [6, 6.07) is 14.2. The van der Waals surface area contributed by atoms with Gasteiger partial charge >= 0.3 is 0 Å². The fourth-order valence-electron chi connectivity index (χ4n) is 2.33. The normalized spacial score (nSPS) is 10.5. The number of hydrogen-bond donors (Lipinski definition) is 1. The minimum absolute atomic E-state index is 0.248. The van der Waals surface area contributed by atoms with E-state index in [9.17, 15) is 4.39 Å². The molecule has 3 aromatic rings. The van der Waals surface area contributed by atoms with Gasteiger partial charge in [-0.3, -0.25) is 0 Å². The van der Waals surface area contributed by atoms with Gasteiger partial charge in [0.1, 0.15) is 12.4 Å². The lowest BCUT2D eigenvalue weighted by atomic mass is 10.2. The van der Waals surface area contributed by atoms with Crippen molar-refractivity contribution in [3.05, 3.63) is 74.6 Å². The first-order valence-electron chi connectivity index (χ1n) is 7.67. The summed E-state index contributed by atoms with van der Waals surface area (Å²) >= 11 is 5.21. The Kier molecular flexibility index (Phi) is 5.94. The monoisotopic (exact) mass is 421 g/mol. The van der Waals surface area contributed by atoms with Gasteiger partial charge in [0.05, 0.1) is 11.6 Å². The van der Waals surface area contributed by atoms with Gasteiger partial charge in [0, 0.05) is 17.1 Å². The van der Waals surface area contributed by atoms with E-state index in [2.05, 4.69) is 21.2 Å². The van der Waals surface area contributed by atoms with Crippen LogP contribution in [0, 0.1) is 5.82 Å². The Balaban J connectivity index is 1.70. The lowest BCUT2D eigenvalue weighted by molar-refractivity contribution is 0.285. The molecule has 1 aromatic heterocycles. The number of halogens is 2. The average Bonchev–Trinajstić information content (AvgIpc) is 3.13. The highest BCUT2D eigenvalue weighted by Crippen LogP contribution is 2.37. The summed E-state index contributed by atoms with van der Waals surface area (Å²) in [4.78, 5) is 1.15. The van der Waals surface area contributed by atoms with Crippen LogP contribution in [0.3, 0.4) is 0 Å². The predicted octanol–water partition coefficient (Wildman–Crippen LogP) is 5.85. The van der Waals surface area contributed by atoms with E-state index in [4.69, 9.17) is 9.47 Å². The van der Waals surface area contributed by atoms with E-state index in [1.54, 1.807) is 30.6 Å². The van der Waals surface area contributed by atoms with Crippen molar-refractivity contribution in [1.29, 1.82) is 0 Å². The number of anilines is 1. The fraction of sp³-hybridized carbons (Fsp3) is 0.158. The van der Waals surface area contributed by atoms with E-state index >= 15 is 0 Å². The summed E-state index contributed by atoms with van der Waals surface area (Å²) in [6.07, 6.45) is 0. The van der Waals surface area contributed by atoms with Crippen LogP contribution in [0.1, 0.15) is 10.4 Å². The average molecular weight is 422 g/mol. The number of ether oxygens (including phenoxy) is 2. The maximum absolute atomic E-state index is 13.0. The Morgan fingerprint density at radius 2 is 1.96 bits per heavy atom. The summed E-state index contributed by atoms with van der Waals surface area (Å²) < 4.78 is 25.2. The Hall–Kier alpha value is -2.05. The highest BCUT2D eigenvalue weighted by Gasteiger charge is 2.12. The Bertz CT molecular complexity index is 822. The molecule has 3 nitrogen and oxygen atoms in total. The number of benzene rings is 2. The van der Waals surface area contributed by atoms with Gasteiger partial charge in [-0.05, 0) is 69.3 Å². The number of methoxy groups -OCH3 is 1. The van der Waals surface area contributed by atoms with E-state index in [1.807, 2.05) is 29.6 Å². The number of thiophene rings is 1. The molecule has 2 aromatic carbocycles. The van der Waals surface area contributed by atoms with Crippen molar-refractivity contribution in [2.75, 3.05) is 12.4 Å². The second kappa shape index (κ2) is 8.36. The number of hydrogen-bond acceptors (Lipinski definition) is 4. The molecule has 0 atom stereocenters. The highest BCUT2D eigenvalue weighted by molar-refractivity contribution is 9.10. The summed E-state index contributed by atoms with van der Waals surface area (Å²) in [5.41, 5.74) is 1.88. The van der Waals surface area contributed by atoms with Gasteiger partial charge in [-0.15, -0.1) is 11.3 Å². The molecule has 0 radical (unpaired) electrons. The number of nitrogens with one attached hydrogen (secondary N) is 1. The van der Waals surface area contributed by atoms with Crippen molar-refractivity contribution in [3.63, 3.8) is 0 Å². The molecule has 0 aliphatic heterocycles. The van der Waals surface area contributed by atoms with Crippen molar-refractivity contribution in [1.82, 2.24) is 0 Å². The van der Waals surface area contributed by atoms with Gasteiger partial charge in [-0.25, -0.2) is 4.39 Å². The molecule has 0 unspecified atom stereocenters. The SMILES string of the molecule is COc1cc(CNc2ccc(F)cc2)cc(Br)c1OCc1cccs1. The Labute approximate surface area is 158 Å². The molecule has 130 valence electrons. The maximum atomic E-state index is 13.0. The van der Waals surface area contributed by atoms with Crippen molar-refractivity contribution in [3.8, 4) is 11.5 Å². The lowest BCUT2D eigenvalue weighted by Gasteiger charge is -2.15. The van der Waals surface area contributed by atoms with E-state index in [0.717, 1.165) is 20.6 Å². The van der Waals surface area contributed by atoms with Gasteiger partial charge in [-0.2, -0.15) is 0 Å². The molecule has 0 aliphatic carbocycles. The van der Waals surface area contributed by atoms with Gasteiger partial charge in [0.15, 0.2) is 11.5 Å². The topological polar surface area (TPSA) is 30.5 Å². The molecule has 0 bridgehead atoms. The zero-order valence-electron chi connectivity index (χ0n) is 13.6. The number of rotatable bonds is 7. The molecule has 0 spiro atoms. The van der Waals surface area contributed by atoms with Crippen LogP contribution < -0.4 is 14.8 Å². The van der Waals surface area contributed by atoms with Crippen LogP contribution in [0.5, 0.6) is 11.5 Å². The molecule has 25 heavy (non-hydrogen) atoms. The van der Waals surface area contributed by atoms with Crippen molar-refractivity contribution < 1.29 is 13.9 Å². The third-order valence-electron chi connectivity index (χ3n) is 3.57. The minimum Gasteiger partial charge on any atom is -0.493 e. The summed E-state index contributed by atoms with van der Waals surface area (Å²) in [7, 11) is 1.62. The van der Waals surface area contributed by atoms with Crippen molar-refractivity contribution in [2.45, 2.75) is 13.2 Å². The van der Waals surface area contributed by atoms with Crippen LogP contribution in [0.25, 0.3) is 0 Å². The van der Waals surface area contributed by atoms with Gasteiger partial charge in [-0.1, -0.05) is 6.07 Å². The first-order valence-corrected chi connectivity index (χ1v) is 9.34. The molecule has 6 heteroatoms. The van der Waals surface area contributed by atoms with Crippen molar-refractivity contribution >= 4 is 33.0 Å². The Morgan fingerprint density at radius 3 is 2.64 bits per heavy atom. The molecule has 1 heterocycles. The third kappa shape index (κ3) is 4.74. The first kappa shape index (κ1) is 17.8. The van der Waals surface area contributed by atoms with E-state index < -0.39 is 0 Å². The summed E-state index contributed by atoms with van der Waals surface area (Å²) in [5.74, 6) is 1.10. The lowest BCUT2D eigenvalue weighted by Crippen LogP contribution is -2.02. The van der Waals surface area contributed by atoms with E-state index in [0.29, 0.717) is 24.7 Å². The van der Waals surface area contributed by atoms with Crippen molar-refractivity contribution in [2.24, 2.45) is 0 Å². The molecule has 0 saturated heterocycles. The van der Waals surface area contributed by atoms with Gasteiger partial charge in [0.2, 0.25) is 0 Å². The largest absolute Gasteiger partial charge is 0.493 e. The van der Waals surface area contributed by atoms with Crippen LogP contribution in [-0.2, 0) is 13.2 Å². The smallest absolute Gasteiger partial charge is 0.175 e. The van der Waals surface area contributed by atoms with Crippen LogP contribution in [0.2, 0.25) is 0 Å². The molecule has 0 amide bonds. The third-order valence-corrected chi connectivity index (χ3v) is 5.01. The zero-order chi connectivity index (χ0) is 17.6. The highest BCUT2D eigenvalue weighted by atomic mass is 79.9. The molecular weight excluding hydrogens is 405 g/mol.